The molecule has 2 atom stereocenters. The molecule has 0 amide bonds. The summed E-state index contributed by atoms with van der Waals surface area (Å²) < 4.78 is 5.39. The number of carbonyl (C=O) groups is 1. The summed E-state index contributed by atoms with van der Waals surface area (Å²) in [6.45, 7) is 2.12. The van der Waals surface area contributed by atoms with Crippen molar-refractivity contribution < 1.29 is 14.6 Å². The van der Waals surface area contributed by atoms with Crippen LogP contribution in [0.15, 0.2) is 18.2 Å². The van der Waals surface area contributed by atoms with E-state index in [-0.39, 0.29) is 12.0 Å². The standard InChI is InChI=1S/C16H20ClNO3/c17-14-7-11(15-8-12(9-18-15)16(19)20)1-2-13(14)10-3-5-21-6-4-10/h1-2,7,10,12,15,18H,3-6,8-9H2,(H,19,20). The van der Waals surface area contributed by atoms with Gasteiger partial charge < -0.3 is 15.2 Å². The first-order valence-corrected chi connectivity index (χ1v) is 7.86. The zero-order valence-electron chi connectivity index (χ0n) is 11.8. The number of carboxylic acids is 1. The molecule has 1 aromatic carbocycles. The number of carboxylic acid groups (broad SMARTS) is 1. The molecule has 0 saturated carbocycles. The molecule has 1 aromatic rings. The van der Waals surface area contributed by atoms with E-state index in [4.69, 9.17) is 21.4 Å². The van der Waals surface area contributed by atoms with E-state index in [1.165, 1.54) is 5.56 Å². The fourth-order valence-corrected chi connectivity index (χ4v) is 3.62. The third-order valence-electron chi connectivity index (χ3n) is 4.57. The van der Waals surface area contributed by atoms with Gasteiger partial charge in [-0.1, -0.05) is 23.7 Å². The van der Waals surface area contributed by atoms with Crippen LogP contribution in [0.5, 0.6) is 0 Å². The minimum Gasteiger partial charge on any atom is -0.481 e. The molecular formula is C16H20ClNO3. The second-order valence-corrected chi connectivity index (χ2v) is 6.31. The van der Waals surface area contributed by atoms with Gasteiger partial charge >= 0.3 is 5.97 Å². The average molecular weight is 310 g/mol. The minimum atomic E-state index is -0.727. The molecule has 0 bridgehead atoms. The van der Waals surface area contributed by atoms with Crippen molar-refractivity contribution in [1.82, 2.24) is 5.32 Å². The number of ether oxygens (including phenoxy) is 1. The fraction of sp³-hybridized carbons (Fsp3) is 0.562. The van der Waals surface area contributed by atoms with Gasteiger partial charge in [0.2, 0.25) is 0 Å². The first-order valence-electron chi connectivity index (χ1n) is 7.48. The maximum absolute atomic E-state index is 11.0. The smallest absolute Gasteiger partial charge is 0.307 e. The van der Waals surface area contributed by atoms with Gasteiger partial charge in [-0.2, -0.15) is 0 Å². The Morgan fingerprint density at radius 2 is 2.10 bits per heavy atom. The van der Waals surface area contributed by atoms with Crippen molar-refractivity contribution in [3.8, 4) is 0 Å². The second kappa shape index (κ2) is 6.34. The van der Waals surface area contributed by atoms with Crippen LogP contribution < -0.4 is 5.32 Å². The lowest BCUT2D eigenvalue weighted by Crippen LogP contribution is -2.17. The topological polar surface area (TPSA) is 58.6 Å². The summed E-state index contributed by atoms with van der Waals surface area (Å²) in [6, 6.07) is 6.27. The normalized spacial score (nSPS) is 26.9. The van der Waals surface area contributed by atoms with Gasteiger partial charge in [0.25, 0.3) is 0 Å². The van der Waals surface area contributed by atoms with Crippen molar-refractivity contribution in [3.63, 3.8) is 0 Å². The summed E-state index contributed by atoms with van der Waals surface area (Å²) in [5.74, 6) is -0.553. The lowest BCUT2D eigenvalue weighted by atomic mass is 9.90. The highest BCUT2D eigenvalue weighted by atomic mass is 35.5. The van der Waals surface area contributed by atoms with Crippen molar-refractivity contribution in [1.29, 1.82) is 0 Å². The van der Waals surface area contributed by atoms with Crippen molar-refractivity contribution in [2.24, 2.45) is 5.92 Å². The van der Waals surface area contributed by atoms with Gasteiger partial charge in [0, 0.05) is 30.8 Å². The monoisotopic (exact) mass is 309 g/mol. The van der Waals surface area contributed by atoms with Crippen LogP contribution in [-0.4, -0.2) is 30.8 Å². The molecule has 2 aliphatic rings. The predicted octanol–water partition coefficient (Wildman–Crippen LogP) is 2.97. The molecule has 0 aromatic heterocycles. The number of halogens is 1. The summed E-state index contributed by atoms with van der Waals surface area (Å²) >= 11 is 6.46. The van der Waals surface area contributed by atoms with Crippen molar-refractivity contribution in [2.75, 3.05) is 19.8 Å². The quantitative estimate of drug-likeness (QED) is 0.901. The first-order chi connectivity index (χ1) is 10.1. The fourth-order valence-electron chi connectivity index (χ4n) is 3.28. The maximum atomic E-state index is 11.0. The molecule has 21 heavy (non-hydrogen) atoms. The van der Waals surface area contributed by atoms with Gasteiger partial charge in [-0.05, 0) is 42.4 Å². The van der Waals surface area contributed by atoms with Crippen LogP contribution in [0.1, 0.15) is 42.3 Å². The highest BCUT2D eigenvalue weighted by Gasteiger charge is 2.30. The molecule has 3 rings (SSSR count). The summed E-state index contributed by atoms with van der Waals surface area (Å²) in [7, 11) is 0. The van der Waals surface area contributed by atoms with Crippen molar-refractivity contribution >= 4 is 17.6 Å². The third kappa shape index (κ3) is 3.23. The molecule has 2 aliphatic heterocycles. The van der Waals surface area contributed by atoms with E-state index in [1.807, 2.05) is 6.07 Å². The summed E-state index contributed by atoms with van der Waals surface area (Å²) in [5.41, 5.74) is 2.27. The molecule has 114 valence electrons. The zero-order chi connectivity index (χ0) is 14.8. The van der Waals surface area contributed by atoms with Crippen molar-refractivity contribution in [2.45, 2.75) is 31.2 Å². The summed E-state index contributed by atoms with van der Waals surface area (Å²) in [6.07, 6.45) is 2.66. The SMILES string of the molecule is O=C(O)C1CNC(c2ccc(C3CCOCC3)c(Cl)c2)C1. The Morgan fingerprint density at radius 1 is 1.33 bits per heavy atom. The molecule has 2 heterocycles. The van der Waals surface area contributed by atoms with E-state index >= 15 is 0 Å². The Kier molecular flexibility index (Phi) is 4.48. The minimum absolute atomic E-state index is 0.0901. The van der Waals surface area contributed by atoms with E-state index < -0.39 is 5.97 Å². The van der Waals surface area contributed by atoms with Crippen LogP contribution in [0.3, 0.4) is 0 Å². The molecule has 2 unspecified atom stereocenters. The van der Waals surface area contributed by atoms with Crippen LogP contribution in [0.4, 0.5) is 0 Å². The van der Waals surface area contributed by atoms with Crippen molar-refractivity contribution in [3.05, 3.63) is 34.3 Å². The van der Waals surface area contributed by atoms with Gasteiger partial charge in [0.15, 0.2) is 0 Å². The number of benzene rings is 1. The first kappa shape index (κ1) is 14.8. The van der Waals surface area contributed by atoms with Crippen LogP contribution in [0, 0.1) is 5.92 Å². The lowest BCUT2D eigenvalue weighted by Gasteiger charge is -2.24. The molecule has 5 heteroatoms. The van der Waals surface area contributed by atoms with Gasteiger partial charge in [-0.3, -0.25) is 4.79 Å². The molecule has 0 radical (unpaired) electrons. The molecule has 0 spiro atoms. The van der Waals surface area contributed by atoms with E-state index in [9.17, 15) is 4.79 Å². The Morgan fingerprint density at radius 3 is 2.71 bits per heavy atom. The average Bonchev–Trinajstić information content (AvgIpc) is 2.98. The second-order valence-electron chi connectivity index (χ2n) is 5.90. The predicted molar refractivity (Wildman–Crippen MR) is 80.7 cm³/mol. The Balaban J connectivity index is 1.73. The highest BCUT2D eigenvalue weighted by molar-refractivity contribution is 6.31. The zero-order valence-corrected chi connectivity index (χ0v) is 12.6. The molecule has 4 nitrogen and oxygen atoms in total. The summed E-state index contributed by atoms with van der Waals surface area (Å²) in [5, 5.41) is 13.1. The van der Waals surface area contributed by atoms with Gasteiger partial charge in [-0.15, -0.1) is 0 Å². The summed E-state index contributed by atoms with van der Waals surface area (Å²) in [4.78, 5) is 11.0. The molecule has 0 aliphatic carbocycles. The number of hydrogen-bond donors (Lipinski definition) is 2. The van der Waals surface area contributed by atoms with Gasteiger partial charge in [0.1, 0.15) is 0 Å². The van der Waals surface area contributed by atoms with Crippen LogP contribution in [-0.2, 0) is 9.53 Å². The Hall–Kier alpha value is -1.10. The number of hydrogen-bond acceptors (Lipinski definition) is 3. The molecule has 2 fully saturated rings. The molecule has 2 saturated heterocycles. The van der Waals surface area contributed by atoms with Crippen LogP contribution in [0.2, 0.25) is 5.02 Å². The highest BCUT2D eigenvalue weighted by Crippen LogP contribution is 2.35. The Bertz CT molecular complexity index is 528. The maximum Gasteiger partial charge on any atom is 0.307 e. The largest absolute Gasteiger partial charge is 0.481 e. The lowest BCUT2D eigenvalue weighted by molar-refractivity contribution is -0.141. The van der Waals surface area contributed by atoms with E-state index in [0.717, 1.165) is 36.6 Å². The number of rotatable bonds is 3. The molecular weight excluding hydrogens is 290 g/mol. The third-order valence-corrected chi connectivity index (χ3v) is 4.90. The van der Waals surface area contributed by atoms with E-state index in [0.29, 0.717) is 18.9 Å². The number of nitrogens with one attached hydrogen (secondary N) is 1. The Labute approximate surface area is 129 Å². The number of aliphatic carboxylic acids is 1. The van der Waals surface area contributed by atoms with Gasteiger partial charge in [0.05, 0.1) is 5.92 Å². The molecule has 2 N–H and O–H groups in total. The van der Waals surface area contributed by atoms with Gasteiger partial charge in [-0.25, -0.2) is 0 Å². The van der Waals surface area contributed by atoms with Crippen LogP contribution >= 0.6 is 11.6 Å². The van der Waals surface area contributed by atoms with Crippen LogP contribution in [0.25, 0.3) is 0 Å². The van der Waals surface area contributed by atoms with E-state index in [2.05, 4.69) is 17.4 Å². The van der Waals surface area contributed by atoms with E-state index in [1.54, 1.807) is 0 Å².